The molecular weight excluding hydrogens is 411 g/mol. The van der Waals surface area contributed by atoms with Crippen molar-refractivity contribution in [2.75, 3.05) is 13.2 Å². The number of sulfonamides is 1. The van der Waals surface area contributed by atoms with Crippen molar-refractivity contribution in [1.82, 2.24) is 10.0 Å². The molecule has 168 valence electrons. The zero-order chi connectivity index (χ0) is 21.6. The predicted molar refractivity (Wildman–Crippen MR) is 110 cm³/mol. The monoisotopic (exact) mass is 442 g/mol. The van der Waals surface area contributed by atoms with Crippen LogP contribution < -0.4 is 10.0 Å². The molecule has 3 rings (SSSR count). The highest BCUT2D eigenvalue weighted by Gasteiger charge is 2.34. The number of hydrogen-bond donors (Lipinski definition) is 3. The zero-order valence-electron chi connectivity index (χ0n) is 17.1. The lowest BCUT2D eigenvalue weighted by atomic mass is 9.88. The average molecular weight is 443 g/mol. The van der Waals surface area contributed by atoms with Gasteiger partial charge in [0.15, 0.2) is 0 Å². The van der Waals surface area contributed by atoms with Crippen LogP contribution in [0.25, 0.3) is 0 Å². The van der Waals surface area contributed by atoms with E-state index in [1.807, 2.05) is 0 Å². The van der Waals surface area contributed by atoms with Crippen molar-refractivity contribution in [1.29, 1.82) is 0 Å². The molecule has 1 amide bonds. The number of carbonyl (C=O) groups excluding carboxylic acids is 1. The Bertz CT molecular complexity index is 813. The van der Waals surface area contributed by atoms with E-state index in [4.69, 9.17) is 4.74 Å². The quantitative estimate of drug-likeness (QED) is 0.572. The number of amides is 1. The fourth-order valence-electron chi connectivity index (χ4n) is 4.25. The Morgan fingerprint density at radius 2 is 1.93 bits per heavy atom. The molecule has 0 aromatic heterocycles. The first-order valence-corrected chi connectivity index (χ1v) is 12.2. The molecule has 0 radical (unpaired) electrons. The van der Waals surface area contributed by atoms with Gasteiger partial charge in [-0.05, 0) is 50.3 Å². The van der Waals surface area contributed by atoms with Crippen molar-refractivity contribution in [3.63, 3.8) is 0 Å². The molecule has 0 unspecified atom stereocenters. The van der Waals surface area contributed by atoms with Gasteiger partial charge in [-0.2, -0.15) is 0 Å². The molecule has 0 bridgehead atoms. The number of nitrogens with one attached hydrogen (secondary N) is 2. The molecule has 3 N–H and O–H groups in total. The van der Waals surface area contributed by atoms with Crippen LogP contribution in [-0.4, -0.2) is 50.8 Å². The molecule has 1 aliphatic carbocycles. The highest BCUT2D eigenvalue weighted by molar-refractivity contribution is 7.89. The molecule has 1 aromatic rings. The predicted octanol–water partition coefficient (Wildman–Crippen LogP) is 2.10. The fourth-order valence-corrected chi connectivity index (χ4v) is 5.58. The van der Waals surface area contributed by atoms with E-state index in [-0.39, 0.29) is 29.4 Å². The standard InChI is InChI=1S/C21H31FN2O5S/c22-16-7-4-8-18(13-16)30(27,28)24-19-10-9-17(29-20(19)14-25)11-12-23-21(26)15-5-2-1-3-6-15/h4,7-8,13,15,17,19-20,24-25H,1-3,5-6,9-12,14H2,(H,23,26)/t17-,19-,20+/m1/s1. The lowest BCUT2D eigenvalue weighted by Crippen LogP contribution is -2.51. The third-order valence-electron chi connectivity index (χ3n) is 5.95. The maximum absolute atomic E-state index is 13.4. The highest BCUT2D eigenvalue weighted by atomic mass is 32.2. The molecule has 7 nitrogen and oxygen atoms in total. The summed E-state index contributed by atoms with van der Waals surface area (Å²) < 4.78 is 46.8. The molecule has 1 heterocycles. The summed E-state index contributed by atoms with van der Waals surface area (Å²) in [6, 6.07) is 4.19. The summed E-state index contributed by atoms with van der Waals surface area (Å²) in [5, 5.41) is 12.7. The van der Waals surface area contributed by atoms with Crippen LogP contribution in [0.1, 0.15) is 51.4 Å². The summed E-state index contributed by atoms with van der Waals surface area (Å²) >= 11 is 0. The van der Waals surface area contributed by atoms with Gasteiger partial charge in [-0.3, -0.25) is 4.79 Å². The van der Waals surface area contributed by atoms with Gasteiger partial charge in [-0.1, -0.05) is 25.3 Å². The number of carbonyl (C=O) groups is 1. The molecular formula is C21H31FN2O5S. The number of ether oxygens (including phenoxy) is 1. The summed E-state index contributed by atoms with van der Waals surface area (Å²) in [4.78, 5) is 12.1. The van der Waals surface area contributed by atoms with E-state index < -0.39 is 28.0 Å². The van der Waals surface area contributed by atoms with E-state index in [2.05, 4.69) is 10.0 Å². The summed E-state index contributed by atoms with van der Waals surface area (Å²) in [5.74, 6) is -0.422. The Hall–Kier alpha value is -1.55. The zero-order valence-corrected chi connectivity index (χ0v) is 17.9. The average Bonchev–Trinajstić information content (AvgIpc) is 2.75. The maximum atomic E-state index is 13.4. The molecule has 0 spiro atoms. The molecule has 2 aliphatic rings. The Balaban J connectivity index is 1.48. The molecule has 9 heteroatoms. The Morgan fingerprint density at radius 1 is 1.17 bits per heavy atom. The Morgan fingerprint density at radius 3 is 2.63 bits per heavy atom. The van der Waals surface area contributed by atoms with Gasteiger partial charge in [0.2, 0.25) is 15.9 Å². The highest BCUT2D eigenvalue weighted by Crippen LogP contribution is 2.25. The second-order valence-electron chi connectivity index (χ2n) is 8.16. The summed E-state index contributed by atoms with van der Waals surface area (Å²) in [6.45, 7) is 0.166. The Kier molecular flexibility index (Phi) is 8.21. The third kappa shape index (κ3) is 6.23. The van der Waals surface area contributed by atoms with Gasteiger partial charge >= 0.3 is 0 Å². The number of aliphatic hydroxyl groups is 1. The SMILES string of the molecule is O=C(NCC[C@H]1CC[C@@H](NS(=O)(=O)c2cccc(F)c2)[C@H](CO)O1)C1CCCCC1. The van der Waals surface area contributed by atoms with Gasteiger partial charge in [0.05, 0.1) is 29.8 Å². The minimum absolute atomic E-state index is 0.102. The maximum Gasteiger partial charge on any atom is 0.241 e. The first-order valence-electron chi connectivity index (χ1n) is 10.7. The molecule has 1 aliphatic heterocycles. The van der Waals surface area contributed by atoms with Gasteiger partial charge in [0.1, 0.15) is 5.82 Å². The largest absolute Gasteiger partial charge is 0.394 e. The van der Waals surface area contributed by atoms with Crippen LogP contribution in [0.5, 0.6) is 0 Å². The third-order valence-corrected chi connectivity index (χ3v) is 7.44. The van der Waals surface area contributed by atoms with E-state index in [0.717, 1.165) is 31.7 Å². The van der Waals surface area contributed by atoms with Gasteiger partial charge in [-0.15, -0.1) is 0 Å². The van der Waals surface area contributed by atoms with Crippen LogP contribution in [0, 0.1) is 11.7 Å². The van der Waals surface area contributed by atoms with E-state index in [9.17, 15) is 22.7 Å². The van der Waals surface area contributed by atoms with Crippen LogP contribution in [0.15, 0.2) is 29.2 Å². The van der Waals surface area contributed by atoms with Crippen LogP contribution >= 0.6 is 0 Å². The topological polar surface area (TPSA) is 105 Å². The molecule has 1 aromatic carbocycles. The van der Waals surface area contributed by atoms with Gasteiger partial charge in [0.25, 0.3) is 0 Å². The van der Waals surface area contributed by atoms with Crippen LogP contribution in [-0.2, 0) is 19.6 Å². The smallest absolute Gasteiger partial charge is 0.241 e. The first kappa shape index (κ1) is 23.1. The number of benzene rings is 1. The number of hydrogen-bond acceptors (Lipinski definition) is 5. The minimum atomic E-state index is -3.92. The van der Waals surface area contributed by atoms with Crippen molar-refractivity contribution in [3.05, 3.63) is 30.1 Å². The lowest BCUT2D eigenvalue weighted by molar-refractivity contribution is -0.126. The van der Waals surface area contributed by atoms with Gasteiger partial charge in [-0.25, -0.2) is 17.5 Å². The molecule has 2 fully saturated rings. The van der Waals surface area contributed by atoms with Gasteiger partial charge < -0.3 is 15.2 Å². The Labute approximate surface area is 177 Å². The van der Waals surface area contributed by atoms with E-state index in [1.165, 1.54) is 24.6 Å². The van der Waals surface area contributed by atoms with Crippen molar-refractivity contribution in [2.24, 2.45) is 5.92 Å². The first-order chi connectivity index (χ1) is 14.4. The second kappa shape index (κ2) is 10.7. The van der Waals surface area contributed by atoms with E-state index >= 15 is 0 Å². The lowest BCUT2D eigenvalue weighted by Gasteiger charge is -2.36. The second-order valence-corrected chi connectivity index (χ2v) is 9.87. The number of rotatable bonds is 8. The van der Waals surface area contributed by atoms with E-state index in [0.29, 0.717) is 25.8 Å². The number of halogens is 1. The summed E-state index contributed by atoms with van der Waals surface area (Å²) in [5.41, 5.74) is 0. The summed E-state index contributed by atoms with van der Waals surface area (Å²) in [6.07, 6.45) is 6.16. The molecule has 3 atom stereocenters. The van der Waals surface area contributed by atoms with Crippen molar-refractivity contribution < 1.29 is 27.4 Å². The van der Waals surface area contributed by atoms with Crippen LogP contribution in [0.3, 0.4) is 0 Å². The van der Waals surface area contributed by atoms with E-state index in [1.54, 1.807) is 0 Å². The van der Waals surface area contributed by atoms with Crippen molar-refractivity contribution in [2.45, 2.75) is 74.5 Å². The number of aliphatic hydroxyl groups excluding tert-OH is 1. The normalized spacial score (nSPS) is 25.7. The fraction of sp³-hybridized carbons (Fsp3) is 0.667. The van der Waals surface area contributed by atoms with Crippen LogP contribution in [0.4, 0.5) is 4.39 Å². The molecule has 1 saturated heterocycles. The van der Waals surface area contributed by atoms with Crippen LogP contribution in [0.2, 0.25) is 0 Å². The van der Waals surface area contributed by atoms with Gasteiger partial charge in [0, 0.05) is 12.5 Å². The molecule has 1 saturated carbocycles. The van der Waals surface area contributed by atoms with Crippen molar-refractivity contribution >= 4 is 15.9 Å². The minimum Gasteiger partial charge on any atom is -0.394 e. The van der Waals surface area contributed by atoms with Crippen molar-refractivity contribution in [3.8, 4) is 0 Å². The molecule has 30 heavy (non-hydrogen) atoms. The summed E-state index contributed by atoms with van der Waals surface area (Å²) in [7, 11) is -3.92.